The molecule has 2 N–H and O–H groups in total. The molecule has 1 fully saturated rings. The molecule has 3 rings (SSSR count). The highest BCUT2D eigenvalue weighted by Crippen LogP contribution is 2.24. The van der Waals surface area contributed by atoms with E-state index in [1.807, 2.05) is 60.7 Å². The average molecular weight is 410 g/mol. The number of carbonyl (C=O) groups is 3. The van der Waals surface area contributed by atoms with Crippen molar-refractivity contribution in [2.75, 3.05) is 6.61 Å². The first kappa shape index (κ1) is 21.5. The Morgan fingerprint density at radius 1 is 0.967 bits per heavy atom. The van der Waals surface area contributed by atoms with E-state index < -0.39 is 30.1 Å². The average Bonchev–Trinajstić information content (AvgIpc) is 3.58. The number of carbonyl (C=O) groups excluding carboxylic acids is 3. The van der Waals surface area contributed by atoms with Gasteiger partial charge in [0.1, 0.15) is 6.04 Å². The summed E-state index contributed by atoms with van der Waals surface area (Å²) in [5.74, 6) is -1.33. The van der Waals surface area contributed by atoms with Crippen LogP contribution in [0.2, 0.25) is 0 Å². The summed E-state index contributed by atoms with van der Waals surface area (Å²) in [4.78, 5) is 37.0. The highest BCUT2D eigenvalue weighted by Gasteiger charge is 2.52. The molecule has 0 aromatic heterocycles. The molecule has 1 aliphatic rings. The molecule has 1 aliphatic heterocycles. The predicted octanol–water partition coefficient (Wildman–Crippen LogP) is 1.75. The van der Waals surface area contributed by atoms with Gasteiger partial charge in [-0.15, -0.1) is 0 Å². The second-order valence-corrected chi connectivity index (χ2v) is 7.02. The summed E-state index contributed by atoms with van der Waals surface area (Å²) in [6, 6.07) is 18.5. The normalized spacial score (nSPS) is 18.2. The van der Waals surface area contributed by atoms with Crippen LogP contribution in [-0.2, 0) is 36.8 Å². The lowest BCUT2D eigenvalue weighted by atomic mass is 10.0. The molecule has 7 heteroatoms. The molecule has 3 atom stereocenters. The first-order chi connectivity index (χ1) is 14.6. The second kappa shape index (κ2) is 10.5. The lowest BCUT2D eigenvalue weighted by Crippen LogP contribution is -2.48. The molecule has 0 unspecified atom stereocenters. The van der Waals surface area contributed by atoms with E-state index in [1.165, 1.54) is 0 Å². The SMILES string of the molecule is CCOC(=O)[C@H]1O[C@@H]1C(=O)N[C@@H](CCc1ccccc1)C(=O)NCc1ccccc1. The molecular formula is C23H26N2O5. The van der Waals surface area contributed by atoms with Crippen molar-refractivity contribution < 1.29 is 23.9 Å². The van der Waals surface area contributed by atoms with Gasteiger partial charge in [0.15, 0.2) is 12.2 Å². The Bertz CT molecular complexity index is 856. The van der Waals surface area contributed by atoms with Gasteiger partial charge in [0.25, 0.3) is 5.91 Å². The molecule has 0 bridgehead atoms. The molecule has 2 aromatic carbocycles. The minimum Gasteiger partial charge on any atom is -0.464 e. The van der Waals surface area contributed by atoms with Crippen LogP contribution >= 0.6 is 0 Å². The topological polar surface area (TPSA) is 97.0 Å². The fourth-order valence-corrected chi connectivity index (χ4v) is 3.10. The van der Waals surface area contributed by atoms with E-state index >= 15 is 0 Å². The quantitative estimate of drug-likeness (QED) is 0.460. The lowest BCUT2D eigenvalue weighted by molar-refractivity contribution is -0.144. The van der Waals surface area contributed by atoms with Crippen molar-refractivity contribution in [2.45, 2.75) is 44.6 Å². The number of ether oxygens (including phenoxy) is 2. The number of hydrogen-bond donors (Lipinski definition) is 2. The third-order valence-corrected chi connectivity index (χ3v) is 4.78. The Morgan fingerprint density at radius 2 is 1.60 bits per heavy atom. The van der Waals surface area contributed by atoms with Gasteiger partial charge in [-0.2, -0.15) is 0 Å². The number of nitrogens with one attached hydrogen (secondary N) is 2. The smallest absolute Gasteiger partial charge is 0.338 e. The van der Waals surface area contributed by atoms with Gasteiger partial charge in [-0.25, -0.2) is 4.79 Å². The van der Waals surface area contributed by atoms with Crippen molar-refractivity contribution in [1.29, 1.82) is 0 Å². The third-order valence-electron chi connectivity index (χ3n) is 4.78. The lowest BCUT2D eigenvalue weighted by Gasteiger charge is -2.18. The van der Waals surface area contributed by atoms with Crippen LogP contribution in [0.25, 0.3) is 0 Å². The van der Waals surface area contributed by atoms with Crippen molar-refractivity contribution in [3.8, 4) is 0 Å². The van der Waals surface area contributed by atoms with E-state index in [0.29, 0.717) is 19.4 Å². The van der Waals surface area contributed by atoms with Crippen LogP contribution in [0.5, 0.6) is 0 Å². The zero-order chi connectivity index (χ0) is 21.3. The number of hydrogen-bond acceptors (Lipinski definition) is 5. The number of rotatable bonds is 10. The van der Waals surface area contributed by atoms with Gasteiger partial charge in [0, 0.05) is 6.54 Å². The van der Waals surface area contributed by atoms with Crippen molar-refractivity contribution in [3.05, 3.63) is 71.8 Å². The summed E-state index contributed by atoms with van der Waals surface area (Å²) in [5, 5.41) is 5.60. The highest BCUT2D eigenvalue weighted by atomic mass is 16.6. The Hall–Kier alpha value is -3.19. The van der Waals surface area contributed by atoms with Gasteiger partial charge in [-0.1, -0.05) is 60.7 Å². The molecule has 30 heavy (non-hydrogen) atoms. The van der Waals surface area contributed by atoms with Crippen LogP contribution in [0.4, 0.5) is 0 Å². The maximum atomic E-state index is 12.8. The molecule has 7 nitrogen and oxygen atoms in total. The number of epoxide rings is 1. The van der Waals surface area contributed by atoms with Gasteiger partial charge in [-0.05, 0) is 30.9 Å². The number of aryl methyl sites for hydroxylation is 1. The second-order valence-electron chi connectivity index (χ2n) is 7.02. The molecule has 1 heterocycles. The van der Waals surface area contributed by atoms with Gasteiger partial charge >= 0.3 is 5.97 Å². The van der Waals surface area contributed by atoms with E-state index in [0.717, 1.165) is 11.1 Å². The van der Waals surface area contributed by atoms with Crippen LogP contribution < -0.4 is 10.6 Å². The minimum atomic E-state index is -0.912. The summed E-state index contributed by atoms with van der Waals surface area (Å²) in [7, 11) is 0. The van der Waals surface area contributed by atoms with Gasteiger partial charge in [0.05, 0.1) is 6.61 Å². The van der Waals surface area contributed by atoms with E-state index in [9.17, 15) is 14.4 Å². The Labute approximate surface area is 175 Å². The van der Waals surface area contributed by atoms with Gasteiger partial charge < -0.3 is 20.1 Å². The molecule has 1 saturated heterocycles. The number of amides is 2. The zero-order valence-corrected chi connectivity index (χ0v) is 16.9. The zero-order valence-electron chi connectivity index (χ0n) is 16.9. The third kappa shape index (κ3) is 6.15. The van der Waals surface area contributed by atoms with Crippen molar-refractivity contribution in [3.63, 3.8) is 0 Å². The molecule has 2 aromatic rings. The minimum absolute atomic E-state index is 0.217. The fourth-order valence-electron chi connectivity index (χ4n) is 3.10. The first-order valence-electron chi connectivity index (χ1n) is 10.1. The molecule has 2 amide bonds. The predicted molar refractivity (Wildman–Crippen MR) is 110 cm³/mol. The van der Waals surface area contributed by atoms with Crippen LogP contribution in [0, 0.1) is 0 Å². The summed E-state index contributed by atoms with van der Waals surface area (Å²) < 4.78 is 10.0. The number of benzene rings is 2. The molecule has 0 radical (unpaired) electrons. The largest absolute Gasteiger partial charge is 0.464 e. The van der Waals surface area contributed by atoms with Crippen LogP contribution in [0.3, 0.4) is 0 Å². The fraction of sp³-hybridized carbons (Fsp3) is 0.348. The van der Waals surface area contributed by atoms with Crippen molar-refractivity contribution in [2.24, 2.45) is 0 Å². The summed E-state index contributed by atoms with van der Waals surface area (Å²) in [5.41, 5.74) is 2.03. The van der Waals surface area contributed by atoms with E-state index in [4.69, 9.17) is 9.47 Å². The Kier molecular flexibility index (Phi) is 7.57. The molecule has 0 spiro atoms. The van der Waals surface area contributed by atoms with Gasteiger partial charge in [-0.3, -0.25) is 9.59 Å². The standard InChI is InChI=1S/C23H26N2O5/c1-2-29-23(28)20-19(30-20)22(27)25-18(14-13-16-9-5-3-6-10-16)21(26)24-15-17-11-7-4-8-12-17/h3-12,18-20H,2,13-15H2,1H3,(H,24,26)(H,25,27)/t18-,19-,20-/m0/s1. The Morgan fingerprint density at radius 3 is 2.23 bits per heavy atom. The van der Waals surface area contributed by atoms with E-state index in [2.05, 4.69) is 10.6 Å². The van der Waals surface area contributed by atoms with Gasteiger partial charge in [0.2, 0.25) is 5.91 Å². The van der Waals surface area contributed by atoms with Crippen molar-refractivity contribution in [1.82, 2.24) is 10.6 Å². The van der Waals surface area contributed by atoms with Crippen molar-refractivity contribution >= 4 is 17.8 Å². The maximum Gasteiger partial charge on any atom is 0.338 e. The first-order valence-corrected chi connectivity index (χ1v) is 10.1. The molecule has 0 aliphatic carbocycles. The van der Waals surface area contributed by atoms with Crippen LogP contribution in [-0.4, -0.2) is 42.6 Å². The summed E-state index contributed by atoms with van der Waals surface area (Å²) >= 11 is 0. The number of esters is 1. The molecular weight excluding hydrogens is 384 g/mol. The maximum absolute atomic E-state index is 12.8. The summed E-state index contributed by atoms with van der Waals surface area (Å²) in [6.07, 6.45) is -0.762. The highest BCUT2D eigenvalue weighted by molar-refractivity contribution is 5.95. The van der Waals surface area contributed by atoms with Crippen LogP contribution in [0.1, 0.15) is 24.5 Å². The summed E-state index contributed by atoms with van der Waals surface area (Å²) in [6.45, 7) is 2.27. The Balaban J connectivity index is 1.59. The molecule has 158 valence electrons. The van der Waals surface area contributed by atoms with E-state index in [-0.39, 0.29) is 12.5 Å². The monoisotopic (exact) mass is 410 g/mol. The molecule has 0 saturated carbocycles. The van der Waals surface area contributed by atoms with Crippen LogP contribution in [0.15, 0.2) is 60.7 Å². The van der Waals surface area contributed by atoms with E-state index in [1.54, 1.807) is 6.92 Å².